The number of hydrogen-bond acceptors (Lipinski definition) is 1. The predicted molar refractivity (Wildman–Crippen MR) is 58.3 cm³/mol. The lowest BCUT2D eigenvalue weighted by Gasteiger charge is -2.05. The zero-order valence-corrected chi connectivity index (χ0v) is 9.31. The van der Waals surface area contributed by atoms with Gasteiger partial charge in [0.2, 0.25) is 0 Å². The molecule has 1 rings (SSSR count). The summed E-state index contributed by atoms with van der Waals surface area (Å²) in [6.45, 7) is 4.21. The average Bonchev–Trinajstić information content (AvgIpc) is 2.13. The summed E-state index contributed by atoms with van der Waals surface area (Å²) in [6.07, 6.45) is 1.71. The Morgan fingerprint density at radius 3 is 3.00 bits per heavy atom. The van der Waals surface area contributed by atoms with E-state index in [1.165, 1.54) is 0 Å². The molecule has 2 nitrogen and oxygen atoms in total. The van der Waals surface area contributed by atoms with Gasteiger partial charge in [-0.1, -0.05) is 6.58 Å². The highest BCUT2D eigenvalue weighted by atomic mass is 79.9. The first-order chi connectivity index (χ1) is 6.15. The van der Waals surface area contributed by atoms with E-state index >= 15 is 0 Å². The van der Waals surface area contributed by atoms with Gasteiger partial charge in [-0.05, 0) is 33.6 Å². The lowest BCUT2D eigenvalue weighted by atomic mass is 10.3. The number of allylic oxidation sites excluding steroid dienone is 1. The molecule has 0 aliphatic heterocycles. The van der Waals surface area contributed by atoms with Crippen LogP contribution in [0.1, 0.15) is 0 Å². The molecule has 0 amide bonds. The fourth-order valence-electron chi connectivity index (χ4n) is 0.915. The second-order valence-corrected chi connectivity index (χ2v) is 3.79. The number of halogens is 2. The molecule has 0 aliphatic rings. The van der Waals surface area contributed by atoms with Crippen molar-refractivity contribution in [2.75, 3.05) is 5.88 Å². The Balaban J connectivity index is 2.96. The van der Waals surface area contributed by atoms with Crippen LogP contribution in [0.4, 0.5) is 0 Å². The summed E-state index contributed by atoms with van der Waals surface area (Å²) in [5, 5.41) is 0. The number of aromatic nitrogens is 1. The lowest BCUT2D eigenvalue weighted by molar-refractivity contribution is 0.746. The molecular weight excluding hydrogens is 253 g/mol. The Labute approximate surface area is 90.0 Å². The van der Waals surface area contributed by atoms with Crippen LogP contribution in [-0.2, 0) is 6.54 Å². The van der Waals surface area contributed by atoms with Crippen molar-refractivity contribution in [1.82, 2.24) is 4.57 Å². The molecule has 0 unspecified atom stereocenters. The van der Waals surface area contributed by atoms with Crippen LogP contribution in [0.15, 0.2) is 39.7 Å². The molecule has 0 saturated heterocycles. The summed E-state index contributed by atoms with van der Waals surface area (Å²) in [5.74, 6) is 0.374. The third-order valence-corrected chi connectivity index (χ3v) is 2.54. The van der Waals surface area contributed by atoms with Crippen molar-refractivity contribution in [3.63, 3.8) is 0 Å². The van der Waals surface area contributed by atoms with E-state index in [9.17, 15) is 4.79 Å². The summed E-state index contributed by atoms with van der Waals surface area (Å²) < 4.78 is 2.12. The number of pyridine rings is 1. The van der Waals surface area contributed by atoms with E-state index in [1.54, 1.807) is 22.9 Å². The zero-order valence-electron chi connectivity index (χ0n) is 6.96. The molecule has 0 N–H and O–H groups in total. The fourth-order valence-corrected chi connectivity index (χ4v) is 1.38. The zero-order chi connectivity index (χ0) is 9.84. The van der Waals surface area contributed by atoms with Crippen molar-refractivity contribution in [3.8, 4) is 0 Å². The maximum atomic E-state index is 11.5. The third kappa shape index (κ3) is 2.71. The Morgan fingerprint density at radius 2 is 2.38 bits per heavy atom. The van der Waals surface area contributed by atoms with Crippen LogP contribution in [0, 0.1) is 0 Å². The molecule has 1 aromatic rings. The number of hydrogen-bond donors (Lipinski definition) is 0. The lowest BCUT2D eigenvalue weighted by Crippen LogP contribution is -2.20. The summed E-state index contributed by atoms with van der Waals surface area (Å²) in [4.78, 5) is 11.5. The van der Waals surface area contributed by atoms with Gasteiger partial charge in [-0.3, -0.25) is 4.79 Å². The molecule has 0 bridgehead atoms. The number of alkyl halides is 1. The second-order valence-electron chi connectivity index (χ2n) is 2.67. The minimum Gasteiger partial charge on any atom is -0.310 e. The van der Waals surface area contributed by atoms with Crippen molar-refractivity contribution >= 4 is 27.5 Å². The van der Waals surface area contributed by atoms with Crippen LogP contribution in [0.3, 0.4) is 0 Å². The first-order valence-corrected chi connectivity index (χ1v) is 5.05. The van der Waals surface area contributed by atoms with Crippen molar-refractivity contribution in [1.29, 1.82) is 0 Å². The molecule has 0 spiro atoms. The summed E-state index contributed by atoms with van der Waals surface area (Å²) in [6, 6.07) is 3.51. The van der Waals surface area contributed by atoms with Gasteiger partial charge in [-0.2, -0.15) is 0 Å². The summed E-state index contributed by atoms with van der Waals surface area (Å²) in [7, 11) is 0. The molecule has 0 fully saturated rings. The molecule has 70 valence electrons. The Kier molecular flexibility index (Phi) is 3.75. The highest BCUT2D eigenvalue weighted by molar-refractivity contribution is 9.10. The topological polar surface area (TPSA) is 22.0 Å². The van der Waals surface area contributed by atoms with Gasteiger partial charge in [0.1, 0.15) is 0 Å². The standard InChI is InChI=1S/C9H9BrClNO/c1-7(5-11)6-12-4-2-3-8(10)9(12)13/h2-4H,1,5-6H2. The average molecular weight is 263 g/mol. The first kappa shape index (κ1) is 10.5. The molecule has 0 atom stereocenters. The Hall–Kier alpha value is -0.540. The number of nitrogens with zero attached hydrogens (tertiary/aromatic N) is 1. The van der Waals surface area contributed by atoms with Crippen LogP contribution in [0.5, 0.6) is 0 Å². The summed E-state index contributed by atoms with van der Waals surface area (Å²) in [5.41, 5.74) is 0.760. The smallest absolute Gasteiger partial charge is 0.265 e. The van der Waals surface area contributed by atoms with E-state index < -0.39 is 0 Å². The molecule has 4 heteroatoms. The van der Waals surface area contributed by atoms with E-state index in [-0.39, 0.29) is 5.56 Å². The molecular formula is C9H9BrClNO. The first-order valence-electron chi connectivity index (χ1n) is 3.72. The van der Waals surface area contributed by atoms with Gasteiger partial charge in [0.25, 0.3) is 5.56 Å². The van der Waals surface area contributed by atoms with E-state index in [1.807, 2.05) is 0 Å². The normalized spacial score (nSPS) is 10.0. The predicted octanol–water partition coefficient (Wildman–Crippen LogP) is 2.41. The molecule has 0 saturated carbocycles. The van der Waals surface area contributed by atoms with E-state index in [2.05, 4.69) is 22.5 Å². The van der Waals surface area contributed by atoms with Gasteiger partial charge in [0.15, 0.2) is 0 Å². The van der Waals surface area contributed by atoms with E-state index in [0.717, 1.165) is 5.57 Å². The molecule has 0 aromatic carbocycles. The van der Waals surface area contributed by atoms with Crippen molar-refractivity contribution in [2.24, 2.45) is 0 Å². The fraction of sp³-hybridized carbons (Fsp3) is 0.222. The van der Waals surface area contributed by atoms with Gasteiger partial charge < -0.3 is 4.57 Å². The molecule has 1 aromatic heterocycles. The maximum Gasteiger partial charge on any atom is 0.265 e. The maximum absolute atomic E-state index is 11.5. The van der Waals surface area contributed by atoms with Gasteiger partial charge in [0.05, 0.1) is 4.47 Å². The highest BCUT2D eigenvalue weighted by Crippen LogP contribution is 2.03. The van der Waals surface area contributed by atoms with Crippen LogP contribution < -0.4 is 5.56 Å². The van der Waals surface area contributed by atoms with Gasteiger partial charge in [-0.25, -0.2) is 0 Å². The van der Waals surface area contributed by atoms with Crippen molar-refractivity contribution < 1.29 is 0 Å². The van der Waals surface area contributed by atoms with Crippen molar-refractivity contribution in [3.05, 3.63) is 45.3 Å². The summed E-state index contributed by atoms with van der Waals surface area (Å²) >= 11 is 8.73. The minimum atomic E-state index is -0.0613. The van der Waals surface area contributed by atoms with E-state index in [0.29, 0.717) is 16.9 Å². The highest BCUT2D eigenvalue weighted by Gasteiger charge is 2.00. The second kappa shape index (κ2) is 4.63. The molecule has 0 aliphatic carbocycles. The van der Waals surface area contributed by atoms with Gasteiger partial charge in [0, 0.05) is 18.6 Å². The van der Waals surface area contributed by atoms with Crippen molar-refractivity contribution in [2.45, 2.75) is 6.54 Å². The Morgan fingerprint density at radius 1 is 1.69 bits per heavy atom. The minimum absolute atomic E-state index is 0.0613. The molecule has 1 heterocycles. The largest absolute Gasteiger partial charge is 0.310 e. The SMILES string of the molecule is C=C(CCl)Cn1cccc(Br)c1=O. The van der Waals surface area contributed by atoms with Crippen LogP contribution >= 0.6 is 27.5 Å². The quantitative estimate of drug-likeness (QED) is 0.606. The van der Waals surface area contributed by atoms with Crippen LogP contribution in [0.25, 0.3) is 0 Å². The van der Waals surface area contributed by atoms with Crippen LogP contribution in [-0.4, -0.2) is 10.4 Å². The van der Waals surface area contributed by atoms with Crippen LogP contribution in [0.2, 0.25) is 0 Å². The van der Waals surface area contributed by atoms with Gasteiger partial charge >= 0.3 is 0 Å². The third-order valence-electron chi connectivity index (χ3n) is 1.56. The van der Waals surface area contributed by atoms with Gasteiger partial charge in [-0.15, -0.1) is 11.6 Å². The van der Waals surface area contributed by atoms with E-state index in [4.69, 9.17) is 11.6 Å². The molecule has 13 heavy (non-hydrogen) atoms. The molecule has 0 radical (unpaired) electrons. The Bertz CT molecular complexity index is 372. The monoisotopic (exact) mass is 261 g/mol. The number of rotatable bonds is 3.